The molecule has 0 atom stereocenters. The van der Waals surface area contributed by atoms with Gasteiger partial charge in [0.25, 0.3) is 11.7 Å². The number of carbonyl (C=O) groups is 3. The van der Waals surface area contributed by atoms with E-state index in [2.05, 4.69) is 0 Å². The summed E-state index contributed by atoms with van der Waals surface area (Å²) in [5.41, 5.74) is -0.225. The Morgan fingerprint density at radius 1 is 1.24 bits per heavy atom. The van der Waals surface area contributed by atoms with Gasteiger partial charge in [-0.3, -0.25) is 19.3 Å². The maximum absolute atomic E-state index is 13.1. The second kappa shape index (κ2) is 5.15. The molecule has 0 aliphatic carbocycles. The van der Waals surface area contributed by atoms with Crippen LogP contribution < -0.4 is 10.2 Å². The highest BCUT2D eigenvalue weighted by molar-refractivity contribution is 6.52. The topological polar surface area (TPSA) is 66.5 Å². The van der Waals surface area contributed by atoms with Gasteiger partial charge in [-0.1, -0.05) is 0 Å². The van der Waals surface area contributed by atoms with Crippen LogP contribution in [0.4, 0.5) is 23.2 Å². The van der Waals surface area contributed by atoms with Crippen LogP contribution in [0.15, 0.2) is 18.2 Å². The predicted molar refractivity (Wildman–Crippen MR) is 62.1 cm³/mol. The molecule has 1 aliphatic heterocycles. The SMILES string of the molecule is O=C(CN1C(=O)C(=O)c2ccc(F)cc21)NCC(F)(F)F. The number of anilines is 1. The fourth-order valence-corrected chi connectivity index (χ4v) is 1.82. The number of benzene rings is 1. The highest BCUT2D eigenvalue weighted by Gasteiger charge is 2.37. The van der Waals surface area contributed by atoms with E-state index in [1.54, 1.807) is 5.32 Å². The normalized spacial score (nSPS) is 14.4. The molecule has 112 valence electrons. The maximum Gasteiger partial charge on any atom is 0.405 e. The van der Waals surface area contributed by atoms with Gasteiger partial charge in [-0.2, -0.15) is 13.2 Å². The lowest BCUT2D eigenvalue weighted by molar-refractivity contribution is -0.137. The van der Waals surface area contributed by atoms with Crippen molar-refractivity contribution < 1.29 is 31.9 Å². The predicted octanol–water partition coefficient (Wildman–Crippen LogP) is 1.03. The van der Waals surface area contributed by atoms with E-state index < -0.39 is 42.7 Å². The van der Waals surface area contributed by atoms with Crippen molar-refractivity contribution in [3.05, 3.63) is 29.6 Å². The average Bonchev–Trinajstić information content (AvgIpc) is 2.60. The summed E-state index contributed by atoms with van der Waals surface area (Å²) in [6, 6.07) is 2.92. The smallest absolute Gasteiger partial charge is 0.345 e. The van der Waals surface area contributed by atoms with Gasteiger partial charge in [0.2, 0.25) is 5.91 Å². The first-order chi connectivity index (χ1) is 9.69. The molecule has 21 heavy (non-hydrogen) atoms. The number of nitrogens with zero attached hydrogens (tertiary/aromatic N) is 1. The highest BCUT2D eigenvalue weighted by Crippen LogP contribution is 2.29. The second-order valence-electron chi connectivity index (χ2n) is 4.27. The van der Waals surface area contributed by atoms with Crippen LogP contribution in [0.3, 0.4) is 0 Å². The molecule has 1 aliphatic rings. The zero-order chi connectivity index (χ0) is 15.8. The summed E-state index contributed by atoms with van der Waals surface area (Å²) in [5.74, 6) is -3.87. The molecule has 0 aromatic heterocycles. The summed E-state index contributed by atoms with van der Waals surface area (Å²) in [5, 5.41) is 1.57. The fourth-order valence-electron chi connectivity index (χ4n) is 1.82. The number of ketones is 1. The van der Waals surface area contributed by atoms with Crippen molar-refractivity contribution in [2.45, 2.75) is 6.18 Å². The molecule has 0 bridgehead atoms. The average molecular weight is 304 g/mol. The molecule has 9 heteroatoms. The molecule has 1 heterocycles. The summed E-state index contributed by atoms with van der Waals surface area (Å²) in [7, 11) is 0. The van der Waals surface area contributed by atoms with E-state index in [9.17, 15) is 31.9 Å². The number of fused-ring (bicyclic) bond motifs is 1. The minimum atomic E-state index is -4.59. The number of alkyl halides is 3. The largest absolute Gasteiger partial charge is 0.405 e. The summed E-state index contributed by atoms with van der Waals surface area (Å²) in [6.45, 7) is -2.35. The van der Waals surface area contributed by atoms with Crippen molar-refractivity contribution >= 4 is 23.3 Å². The van der Waals surface area contributed by atoms with E-state index >= 15 is 0 Å². The number of nitrogens with one attached hydrogen (secondary N) is 1. The van der Waals surface area contributed by atoms with E-state index in [1.807, 2.05) is 0 Å². The highest BCUT2D eigenvalue weighted by atomic mass is 19.4. The molecule has 1 aromatic carbocycles. The molecule has 0 unspecified atom stereocenters. The number of rotatable bonds is 3. The lowest BCUT2D eigenvalue weighted by Gasteiger charge is -2.16. The van der Waals surface area contributed by atoms with Crippen LogP contribution in [0.2, 0.25) is 0 Å². The Morgan fingerprint density at radius 2 is 1.90 bits per heavy atom. The number of hydrogen-bond donors (Lipinski definition) is 1. The van der Waals surface area contributed by atoms with E-state index in [1.165, 1.54) is 0 Å². The quantitative estimate of drug-likeness (QED) is 0.670. The molecule has 0 fully saturated rings. The van der Waals surface area contributed by atoms with Gasteiger partial charge in [0.15, 0.2) is 0 Å². The van der Waals surface area contributed by atoms with Crippen LogP contribution in [-0.2, 0) is 9.59 Å². The molecule has 5 nitrogen and oxygen atoms in total. The Kier molecular flexibility index (Phi) is 3.67. The van der Waals surface area contributed by atoms with Gasteiger partial charge in [0.05, 0.1) is 11.3 Å². The van der Waals surface area contributed by atoms with Crippen molar-refractivity contribution in [2.24, 2.45) is 0 Å². The van der Waals surface area contributed by atoms with Gasteiger partial charge in [-0.15, -0.1) is 0 Å². The van der Waals surface area contributed by atoms with Crippen LogP contribution in [-0.4, -0.2) is 36.9 Å². The number of carbonyl (C=O) groups excluding carboxylic acids is 3. The Labute approximate surface area is 115 Å². The first-order valence-corrected chi connectivity index (χ1v) is 5.68. The molecule has 2 rings (SSSR count). The molecular formula is C12H8F4N2O3. The maximum atomic E-state index is 13.1. The summed E-state index contributed by atoms with van der Waals surface area (Å²) in [6.07, 6.45) is -4.59. The first kappa shape index (κ1) is 14.9. The van der Waals surface area contributed by atoms with Gasteiger partial charge in [-0.25, -0.2) is 4.39 Å². The van der Waals surface area contributed by atoms with Crippen LogP contribution in [0.25, 0.3) is 0 Å². The van der Waals surface area contributed by atoms with Gasteiger partial charge in [0, 0.05) is 0 Å². The molecule has 2 amide bonds. The Bertz CT molecular complexity index is 627. The molecule has 0 radical (unpaired) electrons. The molecule has 1 N–H and O–H groups in total. The third kappa shape index (κ3) is 3.18. The second-order valence-corrected chi connectivity index (χ2v) is 4.27. The van der Waals surface area contributed by atoms with Crippen LogP contribution in [0.1, 0.15) is 10.4 Å². The Hall–Kier alpha value is -2.45. The van der Waals surface area contributed by atoms with Crippen molar-refractivity contribution in [2.75, 3.05) is 18.0 Å². The number of halogens is 4. The van der Waals surface area contributed by atoms with E-state index in [0.29, 0.717) is 4.90 Å². The molecular weight excluding hydrogens is 296 g/mol. The number of hydrogen-bond acceptors (Lipinski definition) is 3. The molecule has 1 aromatic rings. The summed E-state index contributed by atoms with van der Waals surface area (Å²) < 4.78 is 49.0. The molecule has 0 saturated carbocycles. The first-order valence-electron chi connectivity index (χ1n) is 5.68. The zero-order valence-corrected chi connectivity index (χ0v) is 10.3. The van der Waals surface area contributed by atoms with Crippen LogP contribution in [0.5, 0.6) is 0 Å². The number of Topliss-reactive ketones (excluding diaryl/α,β-unsaturated/α-hetero) is 1. The lowest BCUT2D eigenvalue weighted by Crippen LogP contribution is -2.43. The minimum absolute atomic E-state index is 0.0926. The van der Waals surface area contributed by atoms with Gasteiger partial charge in [0.1, 0.15) is 18.9 Å². The standard InChI is InChI=1S/C12H8F4N2O3/c13-6-1-2-7-8(3-6)18(11(21)10(7)20)4-9(19)17-5-12(14,15)16/h1-3H,4-5H2,(H,17,19). The minimum Gasteiger partial charge on any atom is -0.345 e. The third-order valence-corrected chi connectivity index (χ3v) is 2.72. The third-order valence-electron chi connectivity index (χ3n) is 2.72. The van der Waals surface area contributed by atoms with Crippen LogP contribution in [0, 0.1) is 5.82 Å². The van der Waals surface area contributed by atoms with Crippen molar-refractivity contribution in [1.29, 1.82) is 0 Å². The van der Waals surface area contributed by atoms with Crippen molar-refractivity contribution in [3.63, 3.8) is 0 Å². The summed E-state index contributed by atoms with van der Waals surface area (Å²) >= 11 is 0. The van der Waals surface area contributed by atoms with Gasteiger partial charge in [-0.05, 0) is 18.2 Å². The monoisotopic (exact) mass is 304 g/mol. The lowest BCUT2D eigenvalue weighted by atomic mass is 10.1. The fraction of sp³-hybridized carbons (Fsp3) is 0.250. The Balaban J connectivity index is 2.14. The molecule has 0 saturated heterocycles. The Morgan fingerprint density at radius 3 is 2.52 bits per heavy atom. The molecule has 0 spiro atoms. The van der Waals surface area contributed by atoms with Crippen molar-refractivity contribution in [3.8, 4) is 0 Å². The number of amides is 2. The van der Waals surface area contributed by atoms with Gasteiger partial charge < -0.3 is 5.32 Å². The van der Waals surface area contributed by atoms with Crippen LogP contribution >= 0.6 is 0 Å². The van der Waals surface area contributed by atoms with E-state index in [-0.39, 0.29) is 11.3 Å². The van der Waals surface area contributed by atoms with Crippen molar-refractivity contribution in [1.82, 2.24) is 5.32 Å². The van der Waals surface area contributed by atoms with E-state index in [0.717, 1.165) is 18.2 Å². The zero-order valence-electron chi connectivity index (χ0n) is 10.3. The van der Waals surface area contributed by atoms with E-state index in [4.69, 9.17) is 0 Å². The van der Waals surface area contributed by atoms with Gasteiger partial charge >= 0.3 is 6.18 Å². The summed E-state index contributed by atoms with van der Waals surface area (Å²) in [4.78, 5) is 35.3.